The van der Waals surface area contributed by atoms with Crippen molar-refractivity contribution >= 4 is 17.8 Å². The average molecular weight is 306 g/mol. The lowest BCUT2D eigenvalue weighted by atomic mass is 9.90. The van der Waals surface area contributed by atoms with Crippen molar-refractivity contribution in [1.82, 2.24) is 4.90 Å². The highest BCUT2D eigenvalue weighted by Crippen LogP contribution is 2.31. The van der Waals surface area contributed by atoms with Gasteiger partial charge in [0.05, 0.1) is 5.41 Å². The molecule has 3 N–H and O–H groups in total. The largest absolute Gasteiger partial charge is 0.484 e. The molecule has 1 unspecified atom stereocenters. The lowest BCUT2D eigenvalue weighted by molar-refractivity contribution is -0.147. The van der Waals surface area contributed by atoms with Gasteiger partial charge in [-0.3, -0.25) is 14.4 Å². The van der Waals surface area contributed by atoms with Crippen molar-refractivity contribution in [3.05, 3.63) is 29.8 Å². The minimum Gasteiger partial charge on any atom is -0.484 e. The summed E-state index contributed by atoms with van der Waals surface area (Å²) in [4.78, 5) is 35.7. The maximum absolute atomic E-state index is 12.4. The fourth-order valence-corrected chi connectivity index (χ4v) is 2.34. The third-order valence-electron chi connectivity index (χ3n) is 3.76. The molecule has 22 heavy (non-hydrogen) atoms. The summed E-state index contributed by atoms with van der Waals surface area (Å²) >= 11 is 0. The Hall–Kier alpha value is -2.57. The zero-order chi connectivity index (χ0) is 16.3. The molecule has 1 aromatic carbocycles. The van der Waals surface area contributed by atoms with Crippen LogP contribution < -0.4 is 10.5 Å². The molecular formula is C15H18N2O5. The Balaban J connectivity index is 2.02. The number of nitrogens with zero attached hydrogens (tertiary/aromatic N) is 1. The van der Waals surface area contributed by atoms with Crippen molar-refractivity contribution in [2.24, 2.45) is 11.1 Å². The van der Waals surface area contributed by atoms with E-state index < -0.39 is 17.3 Å². The second-order valence-electron chi connectivity index (χ2n) is 5.62. The van der Waals surface area contributed by atoms with Gasteiger partial charge in [-0.05, 0) is 37.6 Å². The van der Waals surface area contributed by atoms with Gasteiger partial charge in [-0.15, -0.1) is 0 Å². The van der Waals surface area contributed by atoms with Crippen LogP contribution in [-0.2, 0) is 9.59 Å². The lowest BCUT2D eigenvalue weighted by Crippen LogP contribution is -2.34. The van der Waals surface area contributed by atoms with Gasteiger partial charge < -0.3 is 20.5 Å². The molecule has 2 amide bonds. The van der Waals surface area contributed by atoms with Gasteiger partial charge in [-0.25, -0.2) is 0 Å². The van der Waals surface area contributed by atoms with E-state index >= 15 is 0 Å². The van der Waals surface area contributed by atoms with Crippen LogP contribution in [0.4, 0.5) is 0 Å². The molecule has 2 rings (SSSR count). The van der Waals surface area contributed by atoms with E-state index in [0.717, 1.165) is 0 Å². The number of hydrogen-bond donors (Lipinski definition) is 2. The Kier molecular flexibility index (Phi) is 4.35. The second-order valence-corrected chi connectivity index (χ2v) is 5.62. The highest BCUT2D eigenvalue weighted by atomic mass is 16.5. The number of likely N-dealkylation sites (tertiary alicyclic amines) is 1. The standard InChI is InChI=1S/C15H18N2O5/c1-15(14(20)21)6-7-17(9-15)13(19)10-2-4-11(5-3-10)22-8-12(16)18/h2-5H,6-9H2,1H3,(H2,16,18)(H,20,21). The minimum atomic E-state index is -0.891. The van der Waals surface area contributed by atoms with E-state index in [9.17, 15) is 19.5 Å². The molecule has 1 aliphatic heterocycles. The number of carboxylic acids is 1. The van der Waals surface area contributed by atoms with Gasteiger partial charge in [-0.2, -0.15) is 0 Å². The molecule has 0 radical (unpaired) electrons. The predicted molar refractivity (Wildman–Crippen MR) is 77.4 cm³/mol. The number of aliphatic carboxylic acids is 1. The Labute approximate surface area is 127 Å². The zero-order valence-corrected chi connectivity index (χ0v) is 12.2. The summed E-state index contributed by atoms with van der Waals surface area (Å²) in [5.74, 6) is -1.25. The van der Waals surface area contributed by atoms with E-state index in [0.29, 0.717) is 24.3 Å². The number of benzene rings is 1. The van der Waals surface area contributed by atoms with Crippen LogP contribution in [0.1, 0.15) is 23.7 Å². The number of nitrogens with two attached hydrogens (primary N) is 1. The lowest BCUT2D eigenvalue weighted by Gasteiger charge is -2.20. The third kappa shape index (κ3) is 3.36. The molecule has 0 aromatic heterocycles. The van der Waals surface area contributed by atoms with Crippen molar-refractivity contribution in [3.8, 4) is 5.75 Å². The molecule has 1 saturated heterocycles. The number of carbonyl (C=O) groups excluding carboxylic acids is 2. The van der Waals surface area contributed by atoms with Crippen molar-refractivity contribution in [1.29, 1.82) is 0 Å². The first-order valence-corrected chi connectivity index (χ1v) is 6.86. The first-order chi connectivity index (χ1) is 10.3. The summed E-state index contributed by atoms with van der Waals surface area (Å²) in [7, 11) is 0. The summed E-state index contributed by atoms with van der Waals surface area (Å²) in [5.41, 5.74) is 4.54. The molecule has 7 heteroatoms. The minimum absolute atomic E-state index is 0.196. The van der Waals surface area contributed by atoms with E-state index in [2.05, 4.69) is 0 Å². The SMILES string of the molecule is CC1(C(=O)O)CCN(C(=O)c2ccc(OCC(N)=O)cc2)C1. The number of hydrogen-bond acceptors (Lipinski definition) is 4. The van der Waals surface area contributed by atoms with E-state index in [1.807, 2.05) is 0 Å². The molecular weight excluding hydrogens is 288 g/mol. The monoisotopic (exact) mass is 306 g/mol. The fraction of sp³-hybridized carbons (Fsp3) is 0.400. The van der Waals surface area contributed by atoms with Crippen LogP contribution in [0, 0.1) is 5.41 Å². The fourth-order valence-electron chi connectivity index (χ4n) is 2.34. The summed E-state index contributed by atoms with van der Waals surface area (Å²) in [6.07, 6.45) is 0.438. The van der Waals surface area contributed by atoms with E-state index in [4.69, 9.17) is 10.5 Å². The summed E-state index contributed by atoms with van der Waals surface area (Å²) in [6.45, 7) is 2.03. The molecule has 1 aromatic rings. The highest BCUT2D eigenvalue weighted by molar-refractivity contribution is 5.95. The Morgan fingerprint density at radius 2 is 1.95 bits per heavy atom. The predicted octanol–water partition coefficient (Wildman–Crippen LogP) is 0.488. The quantitative estimate of drug-likeness (QED) is 0.822. The highest BCUT2D eigenvalue weighted by Gasteiger charge is 2.42. The van der Waals surface area contributed by atoms with Crippen molar-refractivity contribution in [2.45, 2.75) is 13.3 Å². The molecule has 1 heterocycles. The smallest absolute Gasteiger partial charge is 0.311 e. The molecule has 0 bridgehead atoms. The number of carbonyl (C=O) groups is 3. The average Bonchev–Trinajstić information content (AvgIpc) is 2.89. The van der Waals surface area contributed by atoms with Crippen LogP contribution in [-0.4, -0.2) is 47.5 Å². The molecule has 118 valence electrons. The molecule has 0 saturated carbocycles. The van der Waals surface area contributed by atoms with Crippen LogP contribution in [0.25, 0.3) is 0 Å². The van der Waals surface area contributed by atoms with Crippen LogP contribution >= 0.6 is 0 Å². The number of ether oxygens (including phenoxy) is 1. The molecule has 7 nitrogen and oxygen atoms in total. The summed E-state index contributed by atoms with van der Waals surface area (Å²) in [6, 6.07) is 6.30. The van der Waals surface area contributed by atoms with Crippen molar-refractivity contribution in [2.75, 3.05) is 19.7 Å². The van der Waals surface area contributed by atoms with Crippen molar-refractivity contribution in [3.63, 3.8) is 0 Å². The normalized spacial score (nSPS) is 20.7. The van der Waals surface area contributed by atoms with E-state index in [1.165, 1.54) is 4.90 Å². The third-order valence-corrected chi connectivity index (χ3v) is 3.76. The first-order valence-electron chi connectivity index (χ1n) is 6.86. The second kappa shape index (κ2) is 6.05. The van der Waals surface area contributed by atoms with Gasteiger partial charge in [0.15, 0.2) is 6.61 Å². The van der Waals surface area contributed by atoms with E-state index in [-0.39, 0.29) is 19.1 Å². The number of rotatable bonds is 5. The van der Waals surface area contributed by atoms with Crippen LogP contribution in [0.3, 0.4) is 0 Å². The zero-order valence-electron chi connectivity index (χ0n) is 12.2. The Bertz CT molecular complexity index is 598. The van der Waals surface area contributed by atoms with Gasteiger partial charge in [0.1, 0.15) is 5.75 Å². The van der Waals surface area contributed by atoms with Gasteiger partial charge in [0.25, 0.3) is 11.8 Å². The van der Waals surface area contributed by atoms with Gasteiger partial charge >= 0.3 is 5.97 Å². The van der Waals surface area contributed by atoms with Crippen molar-refractivity contribution < 1.29 is 24.2 Å². The maximum Gasteiger partial charge on any atom is 0.311 e. The van der Waals surface area contributed by atoms with Crippen LogP contribution in [0.5, 0.6) is 5.75 Å². The van der Waals surface area contributed by atoms with Gasteiger partial charge in [-0.1, -0.05) is 0 Å². The molecule has 0 aliphatic carbocycles. The Morgan fingerprint density at radius 3 is 2.45 bits per heavy atom. The van der Waals surface area contributed by atoms with Crippen LogP contribution in [0.2, 0.25) is 0 Å². The topological polar surface area (TPSA) is 110 Å². The molecule has 1 aliphatic rings. The van der Waals surface area contributed by atoms with Gasteiger partial charge in [0.2, 0.25) is 0 Å². The number of primary amides is 1. The van der Waals surface area contributed by atoms with E-state index in [1.54, 1.807) is 31.2 Å². The Morgan fingerprint density at radius 1 is 1.32 bits per heavy atom. The molecule has 1 fully saturated rings. The summed E-state index contributed by atoms with van der Waals surface area (Å²) in [5, 5.41) is 9.19. The van der Waals surface area contributed by atoms with Crippen LogP contribution in [0.15, 0.2) is 24.3 Å². The number of amides is 2. The maximum atomic E-state index is 12.4. The first kappa shape index (κ1) is 15.8. The van der Waals surface area contributed by atoms with Gasteiger partial charge in [0, 0.05) is 18.7 Å². The summed E-state index contributed by atoms with van der Waals surface area (Å²) < 4.78 is 5.12. The number of carboxylic acid groups (broad SMARTS) is 1. The molecule has 0 spiro atoms. The molecule has 1 atom stereocenters.